The quantitative estimate of drug-likeness (QED) is 0.770. The predicted octanol–water partition coefficient (Wildman–Crippen LogP) is 5.41. The van der Waals surface area contributed by atoms with E-state index in [9.17, 15) is 0 Å². The highest BCUT2D eigenvalue weighted by molar-refractivity contribution is 6.42. The topological polar surface area (TPSA) is 12.0 Å². The summed E-state index contributed by atoms with van der Waals surface area (Å²) in [7, 11) is 2.03. The summed E-state index contributed by atoms with van der Waals surface area (Å²) in [6.45, 7) is 0. The first-order chi connectivity index (χ1) is 9.69. The average Bonchev–Trinajstić information content (AvgIpc) is 2.49. The zero-order chi connectivity index (χ0) is 14.1. The summed E-state index contributed by atoms with van der Waals surface area (Å²) in [5, 5.41) is 4.69. The summed E-state index contributed by atoms with van der Waals surface area (Å²) >= 11 is 12.2. The molecule has 112 valence electrons. The molecule has 2 atom stereocenters. The van der Waals surface area contributed by atoms with E-state index in [2.05, 4.69) is 35.6 Å². The molecule has 2 aromatic rings. The van der Waals surface area contributed by atoms with Gasteiger partial charge in [-0.2, -0.15) is 0 Å². The molecule has 3 rings (SSSR count). The van der Waals surface area contributed by atoms with Crippen LogP contribution in [-0.4, -0.2) is 7.05 Å². The van der Waals surface area contributed by atoms with Gasteiger partial charge in [0.15, 0.2) is 0 Å². The largest absolute Gasteiger partial charge is 0.313 e. The van der Waals surface area contributed by atoms with Gasteiger partial charge in [-0.25, -0.2) is 0 Å². The Labute approximate surface area is 142 Å². The summed E-state index contributed by atoms with van der Waals surface area (Å²) in [5.74, 6) is 0.483. The van der Waals surface area contributed by atoms with Crippen molar-refractivity contribution < 1.29 is 0 Å². The second-order valence-corrected chi connectivity index (χ2v) is 6.16. The Balaban J connectivity index is 0.00000161. The number of fused-ring (bicyclic) bond motifs is 1. The van der Waals surface area contributed by atoms with E-state index in [1.54, 1.807) is 0 Å². The van der Waals surface area contributed by atoms with Crippen molar-refractivity contribution in [3.05, 3.63) is 69.2 Å². The summed E-state index contributed by atoms with van der Waals surface area (Å²) in [4.78, 5) is 0. The second kappa shape index (κ2) is 7.02. The number of hydrogen-bond acceptors (Lipinski definition) is 1. The Morgan fingerprint density at radius 3 is 2.52 bits per heavy atom. The lowest BCUT2D eigenvalue weighted by molar-refractivity contribution is 0.449. The molecule has 0 aromatic heterocycles. The van der Waals surface area contributed by atoms with Gasteiger partial charge in [0.2, 0.25) is 0 Å². The van der Waals surface area contributed by atoms with Crippen LogP contribution < -0.4 is 5.32 Å². The number of hydrogen-bond donors (Lipinski definition) is 1. The van der Waals surface area contributed by atoms with Crippen LogP contribution in [0.4, 0.5) is 0 Å². The van der Waals surface area contributed by atoms with E-state index < -0.39 is 0 Å². The first kappa shape index (κ1) is 16.6. The third-order valence-electron chi connectivity index (χ3n) is 4.18. The number of rotatable bonds is 2. The maximum Gasteiger partial charge on any atom is 0.0595 e. The minimum absolute atomic E-state index is 0. The molecule has 0 radical (unpaired) electrons. The molecule has 0 spiro atoms. The lowest BCUT2D eigenvalue weighted by Crippen LogP contribution is -2.25. The van der Waals surface area contributed by atoms with E-state index in [0.717, 1.165) is 12.8 Å². The smallest absolute Gasteiger partial charge is 0.0595 e. The highest BCUT2D eigenvalue weighted by atomic mass is 35.5. The normalized spacial score (nSPS) is 20.5. The molecule has 4 heteroatoms. The lowest BCUT2D eigenvalue weighted by Gasteiger charge is -2.32. The fraction of sp³-hybridized carbons (Fsp3) is 0.294. The van der Waals surface area contributed by atoms with Gasteiger partial charge in [0.1, 0.15) is 0 Å². The van der Waals surface area contributed by atoms with E-state index >= 15 is 0 Å². The molecule has 1 nitrogen and oxygen atoms in total. The highest BCUT2D eigenvalue weighted by Crippen LogP contribution is 2.39. The Kier molecular flexibility index (Phi) is 5.56. The summed E-state index contributed by atoms with van der Waals surface area (Å²) < 4.78 is 0. The molecular weight excluding hydrogens is 325 g/mol. The van der Waals surface area contributed by atoms with Crippen LogP contribution in [0.1, 0.15) is 35.1 Å². The fourth-order valence-electron chi connectivity index (χ4n) is 3.11. The zero-order valence-electron chi connectivity index (χ0n) is 11.8. The van der Waals surface area contributed by atoms with Crippen LogP contribution in [0.5, 0.6) is 0 Å². The molecular formula is C17H18Cl3N. The molecule has 0 fully saturated rings. The number of benzene rings is 2. The van der Waals surface area contributed by atoms with Crippen LogP contribution >= 0.6 is 35.6 Å². The van der Waals surface area contributed by atoms with Crippen molar-refractivity contribution in [3.63, 3.8) is 0 Å². The average molecular weight is 343 g/mol. The molecule has 1 aliphatic rings. The molecule has 1 aliphatic carbocycles. The van der Waals surface area contributed by atoms with Gasteiger partial charge in [-0.1, -0.05) is 53.5 Å². The zero-order valence-corrected chi connectivity index (χ0v) is 14.1. The first-order valence-corrected chi connectivity index (χ1v) is 7.64. The van der Waals surface area contributed by atoms with Gasteiger partial charge >= 0.3 is 0 Å². The summed E-state index contributed by atoms with van der Waals surface area (Å²) in [5.41, 5.74) is 4.12. The van der Waals surface area contributed by atoms with Crippen molar-refractivity contribution in [2.75, 3.05) is 7.05 Å². The molecule has 0 aliphatic heterocycles. The Morgan fingerprint density at radius 1 is 1.05 bits per heavy atom. The molecule has 0 heterocycles. The molecule has 2 aromatic carbocycles. The van der Waals surface area contributed by atoms with Crippen LogP contribution in [-0.2, 0) is 6.42 Å². The Bertz CT molecular complexity index is 627. The van der Waals surface area contributed by atoms with E-state index in [1.165, 1.54) is 16.7 Å². The molecule has 0 saturated heterocycles. The first-order valence-electron chi connectivity index (χ1n) is 6.89. The second-order valence-electron chi connectivity index (χ2n) is 5.35. The monoisotopic (exact) mass is 341 g/mol. The van der Waals surface area contributed by atoms with Gasteiger partial charge in [0, 0.05) is 6.04 Å². The molecule has 0 bridgehead atoms. The van der Waals surface area contributed by atoms with Crippen molar-refractivity contribution in [2.45, 2.75) is 24.8 Å². The van der Waals surface area contributed by atoms with Gasteiger partial charge in [-0.05, 0) is 54.6 Å². The van der Waals surface area contributed by atoms with E-state index in [-0.39, 0.29) is 12.4 Å². The number of nitrogens with one attached hydrogen (secondary N) is 1. The van der Waals surface area contributed by atoms with Gasteiger partial charge in [-0.3, -0.25) is 0 Å². The standard InChI is InChI=1S/C17H17Cl2N.ClH/c1-20-17-10-13(8-12-4-2-3-5-14(12)17)11-6-7-15(18)16(19)9-11;/h2-7,9,13,17,20H,8,10H2,1H3;1H. The third kappa shape index (κ3) is 3.37. The highest BCUT2D eigenvalue weighted by Gasteiger charge is 2.26. The Morgan fingerprint density at radius 2 is 1.81 bits per heavy atom. The lowest BCUT2D eigenvalue weighted by atomic mass is 9.77. The van der Waals surface area contributed by atoms with Gasteiger partial charge in [-0.15, -0.1) is 12.4 Å². The molecule has 0 saturated carbocycles. The summed E-state index contributed by atoms with van der Waals surface area (Å²) in [6.07, 6.45) is 2.15. The minimum Gasteiger partial charge on any atom is -0.313 e. The van der Waals surface area contributed by atoms with Crippen molar-refractivity contribution in [1.82, 2.24) is 5.32 Å². The fourth-order valence-corrected chi connectivity index (χ4v) is 3.42. The van der Waals surface area contributed by atoms with E-state index in [4.69, 9.17) is 23.2 Å². The third-order valence-corrected chi connectivity index (χ3v) is 4.92. The van der Waals surface area contributed by atoms with Gasteiger partial charge < -0.3 is 5.32 Å². The summed E-state index contributed by atoms with van der Waals surface area (Å²) in [6, 6.07) is 15.1. The molecule has 2 unspecified atom stereocenters. The van der Waals surface area contributed by atoms with E-state index in [1.807, 2.05) is 19.2 Å². The molecule has 1 N–H and O–H groups in total. The SMILES string of the molecule is CNC1CC(c2ccc(Cl)c(Cl)c2)Cc2ccccc21.Cl. The molecule has 0 amide bonds. The van der Waals surface area contributed by atoms with Crippen molar-refractivity contribution in [3.8, 4) is 0 Å². The van der Waals surface area contributed by atoms with Crippen LogP contribution in [0.25, 0.3) is 0 Å². The van der Waals surface area contributed by atoms with Crippen LogP contribution in [0.3, 0.4) is 0 Å². The van der Waals surface area contributed by atoms with Crippen LogP contribution in [0, 0.1) is 0 Å². The Hall–Kier alpha value is -0.730. The van der Waals surface area contributed by atoms with Crippen LogP contribution in [0.15, 0.2) is 42.5 Å². The van der Waals surface area contributed by atoms with Crippen molar-refractivity contribution in [1.29, 1.82) is 0 Å². The predicted molar refractivity (Wildman–Crippen MR) is 93.0 cm³/mol. The van der Waals surface area contributed by atoms with Gasteiger partial charge in [0.25, 0.3) is 0 Å². The van der Waals surface area contributed by atoms with Crippen molar-refractivity contribution >= 4 is 35.6 Å². The number of halogens is 3. The minimum atomic E-state index is 0. The maximum absolute atomic E-state index is 6.16. The maximum atomic E-state index is 6.16. The van der Waals surface area contributed by atoms with Crippen LogP contribution in [0.2, 0.25) is 10.0 Å². The molecule has 21 heavy (non-hydrogen) atoms. The van der Waals surface area contributed by atoms with E-state index in [0.29, 0.717) is 22.0 Å². The van der Waals surface area contributed by atoms with Crippen molar-refractivity contribution in [2.24, 2.45) is 0 Å². The van der Waals surface area contributed by atoms with Gasteiger partial charge in [0.05, 0.1) is 10.0 Å².